The second-order valence-electron chi connectivity index (χ2n) is 4.82. The zero-order valence-electron chi connectivity index (χ0n) is 11.6. The van der Waals surface area contributed by atoms with Crippen LogP contribution in [0.1, 0.15) is 20.3 Å². The van der Waals surface area contributed by atoms with Crippen LogP contribution in [-0.2, 0) is 4.79 Å². The van der Waals surface area contributed by atoms with Crippen molar-refractivity contribution in [2.24, 2.45) is 0 Å². The van der Waals surface area contributed by atoms with E-state index in [1.165, 1.54) is 12.1 Å². The van der Waals surface area contributed by atoms with Gasteiger partial charge in [0, 0.05) is 19.3 Å². The molecule has 1 atom stereocenters. The third-order valence-corrected chi connectivity index (χ3v) is 3.25. The van der Waals surface area contributed by atoms with Crippen molar-refractivity contribution in [1.29, 1.82) is 0 Å². The summed E-state index contributed by atoms with van der Waals surface area (Å²) < 4.78 is 12.8. The van der Waals surface area contributed by atoms with E-state index in [-0.39, 0.29) is 5.82 Å². The van der Waals surface area contributed by atoms with Gasteiger partial charge in [-0.3, -0.25) is 4.79 Å². The number of benzene rings is 1. The summed E-state index contributed by atoms with van der Waals surface area (Å²) in [4.78, 5) is 13.2. The van der Waals surface area contributed by atoms with Crippen LogP contribution in [0.3, 0.4) is 0 Å². The van der Waals surface area contributed by atoms with Crippen molar-refractivity contribution in [1.82, 2.24) is 5.32 Å². The minimum Gasteiger partial charge on any atom is -0.480 e. The molecule has 5 heteroatoms. The molecular weight excluding hydrogens is 247 g/mol. The Labute approximate surface area is 113 Å². The fraction of sp³-hybridized carbons (Fsp3) is 0.500. The molecule has 1 unspecified atom stereocenters. The van der Waals surface area contributed by atoms with E-state index < -0.39 is 11.5 Å². The minimum atomic E-state index is -0.941. The van der Waals surface area contributed by atoms with Gasteiger partial charge in [-0.1, -0.05) is 6.92 Å². The molecule has 0 fully saturated rings. The van der Waals surface area contributed by atoms with Crippen molar-refractivity contribution in [3.63, 3.8) is 0 Å². The maximum absolute atomic E-state index is 12.8. The lowest BCUT2D eigenvalue weighted by Crippen LogP contribution is -2.51. The van der Waals surface area contributed by atoms with Crippen molar-refractivity contribution >= 4 is 11.7 Å². The van der Waals surface area contributed by atoms with Crippen molar-refractivity contribution < 1.29 is 14.3 Å². The molecule has 0 aliphatic rings. The smallest absolute Gasteiger partial charge is 0.323 e. The van der Waals surface area contributed by atoms with Crippen molar-refractivity contribution in [3.8, 4) is 0 Å². The van der Waals surface area contributed by atoms with Gasteiger partial charge in [-0.05, 0) is 44.2 Å². The maximum atomic E-state index is 12.8. The van der Waals surface area contributed by atoms with Crippen LogP contribution in [0.15, 0.2) is 24.3 Å². The molecule has 0 aliphatic carbocycles. The first-order chi connectivity index (χ1) is 8.89. The third kappa shape index (κ3) is 4.21. The van der Waals surface area contributed by atoms with Crippen molar-refractivity contribution in [2.45, 2.75) is 25.8 Å². The van der Waals surface area contributed by atoms with Crippen LogP contribution in [0.5, 0.6) is 0 Å². The van der Waals surface area contributed by atoms with Crippen LogP contribution in [0.2, 0.25) is 0 Å². The predicted octanol–water partition coefficient (Wildman–Crippen LogP) is 2.10. The first-order valence-electron chi connectivity index (χ1n) is 6.34. The highest BCUT2D eigenvalue weighted by molar-refractivity contribution is 5.78. The summed E-state index contributed by atoms with van der Waals surface area (Å²) in [5.41, 5.74) is -0.0751. The average Bonchev–Trinajstić information content (AvgIpc) is 2.37. The topological polar surface area (TPSA) is 52.6 Å². The number of anilines is 1. The largest absolute Gasteiger partial charge is 0.480 e. The summed E-state index contributed by atoms with van der Waals surface area (Å²) in [6.45, 7) is 4.73. The predicted molar refractivity (Wildman–Crippen MR) is 74.0 cm³/mol. The van der Waals surface area contributed by atoms with E-state index in [0.717, 1.165) is 5.69 Å². The summed E-state index contributed by atoms with van der Waals surface area (Å²) in [5, 5.41) is 12.2. The number of hydrogen-bond acceptors (Lipinski definition) is 3. The SMILES string of the molecule is CCNC(C)(CCN(C)c1ccc(F)cc1)C(=O)O. The van der Waals surface area contributed by atoms with Gasteiger partial charge in [0.05, 0.1) is 0 Å². The molecule has 0 saturated heterocycles. The number of rotatable bonds is 7. The summed E-state index contributed by atoms with van der Waals surface area (Å²) in [5.74, 6) is -1.14. The fourth-order valence-electron chi connectivity index (χ4n) is 1.88. The number of hydrogen-bond donors (Lipinski definition) is 2. The zero-order valence-corrected chi connectivity index (χ0v) is 11.6. The number of likely N-dealkylation sites (N-methyl/N-ethyl adjacent to an activating group) is 1. The lowest BCUT2D eigenvalue weighted by atomic mass is 9.97. The molecule has 106 valence electrons. The number of carbonyl (C=O) groups is 1. The second-order valence-corrected chi connectivity index (χ2v) is 4.82. The van der Waals surface area contributed by atoms with Gasteiger partial charge in [0.15, 0.2) is 0 Å². The number of aliphatic carboxylic acids is 1. The zero-order chi connectivity index (χ0) is 14.5. The molecule has 4 nitrogen and oxygen atoms in total. The van der Waals surface area contributed by atoms with Gasteiger partial charge in [0.2, 0.25) is 0 Å². The van der Waals surface area contributed by atoms with Gasteiger partial charge in [0.1, 0.15) is 11.4 Å². The quantitative estimate of drug-likeness (QED) is 0.795. The van der Waals surface area contributed by atoms with E-state index in [4.69, 9.17) is 0 Å². The molecule has 2 N–H and O–H groups in total. The van der Waals surface area contributed by atoms with Crippen LogP contribution in [0.25, 0.3) is 0 Å². The maximum Gasteiger partial charge on any atom is 0.323 e. The van der Waals surface area contributed by atoms with E-state index in [0.29, 0.717) is 19.5 Å². The molecule has 0 radical (unpaired) electrons. The lowest BCUT2D eigenvalue weighted by molar-refractivity contribution is -0.144. The van der Waals surface area contributed by atoms with E-state index in [1.807, 2.05) is 18.9 Å². The summed E-state index contributed by atoms with van der Waals surface area (Å²) in [6, 6.07) is 6.15. The van der Waals surface area contributed by atoms with Crippen LogP contribution in [0, 0.1) is 5.82 Å². The van der Waals surface area contributed by atoms with Gasteiger partial charge in [-0.25, -0.2) is 4.39 Å². The summed E-state index contributed by atoms with van der Waals surface area (Å²) in [7, 11) is 1.86. The Morgan fingerprint density at radius 1 is 1.42 bits per heavy atom. The van der Waals surface area contributed by atoms with Gasteiger partial charge < -0.3 is 15.3 Å². The normalized spacial score (nSPS) is 13.9. The first-order valence-corrected chi connectivity index (χ1v) is 6.34. The Morgan fingerprint density at radius 2 is 2.00 bits per heavy atom. The monoisotopic (exact) mass is 268 g/mol. The van der Waals surface area contributed by atoms with Gasteiger partial charge in [-0.2, -0.15) is 0 Å². The molecule has 0 heterocycles. The standard InChI is InChI=1S/C14H21FN2O2/c1-4-16-14(2,13(18)19)9-10-17(3)12-7-5-11(15)6-8-12/h5-8,16H,4,9-10H2,1-3H3,(H,18,19). The Morgan fingerprint density at radius 3 is 2.47 bits per heavy atom. The molecule has 1 aromatic carbocycles. The summed E-state index contributed by atoms with van der Waals surface area (Å²) >= 11 is 0. The van der Waals surface area contributed by atoms with Crippen molar-refractivity contribution in [3.05, 3.63) is 30.1 Å². The first kappa shape index (κ1) is 15.4. The Hall–Kier alpha value is -1.62. The fourth-order valence-corrected chi connectivity index (χ4v) is 1.88. The highest BCUT2D eigenvalue weighted by Gasteiger charge is 2.31. The summed E-state index contributed by atoms with van der Waals surface area (Å²) in [6.07, 6.45) is 0.462. The van der Waals surface area contributed by atoms with Crippen molar-refractivity contribution in [2.75, 3.05) is 25.0 Å². The highest BCUT2D eigenvalue weighted by atomic mass is 19.1. The number of nitrogens with zero attached hydrogens (tertiary/aromatic N) is 1. The third-order valence-electron chi connectivity index (χ3n) is 3.25. The molecule has 0 saturated carbocycles. The Kier molecular flexibility index (Phi) is 5.30. The molecule has 0 spiro atoms. The van der Waals surface area contributed by atoms with E-state index >= 15 is 0 Å². The molecule has 1 aromatic rings. The van der Waals surface area contributed by atoms with E-state index in [1.54, 1.807) is 19.1 Å². The highest BCUT2D eigenvalue weighted by Crippen LogP contribution is 2.16. The van der Waals surface area contributed by atoms with Crippen LogP contribution in [0.4, 0.5) is 10.1 Å². The number of halogens is 1. The average molecular weight is 268 g/mol. The van der Waals surface area contributed by atoms with E-state index in [9.17, 15) is 14.3 Å². The molecule has 0 aromatic heterocycles. The molecule has 1 rings (SSSR count). The van der Waals surface area contributed by atoms with Crippen LogP contribution in [-0.4, -0.2) is 36.8 Å². The Bertz CT molecular complexity index is 422. The van der Waals surface area contributed by atoms with E-state index in [2.05, 4.69) is 5.32 Å². The molecular formula is C14H21FN2O2. The van der Waals surface area contributed by atoms with Gasteiger partial charge in [0.25, 0.3) is 0 Å². The Balaban J connectivity index is 2.64. The molecule has 19 heavy (non-hydrogen) atoms. The molecule has 0 amide bonds. The van der Waals surface area contributed by atoms with Gasteiger partial charge in [-0.15, -0.1) is 0 Å². The second kappa shape index (κ2) is 6.52. The number of nitrogens with one attached hydrogen (secondary N) is 1. The lowest BCUT2D eigenvalue weighted by Gasteiger charge is -2.29. The molecule has 0 bridgehead atoms. The van der Waals surface area contributed by atoms with Crippen LogP contribution >= 0.6 is 0 Å². The number of carboxylic acid groups (broad SMARTS) is 1. The minimum absolute atomic E-state index is 0.278. The van der Waals surface area contributed by atoms with Gasteiger partial charge >= 0.3 is 5.97 Å². The number of carboxylic acids is 1. The van der Waals surface area contributed by atoms with Crippen LogP contribution < -0.4 is 10.2 Å². The molecule has 0 aliphatic heterocycles.